The van der Waals surface area contributed by atoms with Crippen molar-refractivity contribution in [3.63, 3.8) is 0 Å². The number of nitrogens with one attached hydrogen (secondary N) is 1. The molecule has 0 spiro atoms. The Hall–Kier alpha value is -0.650. The van der Waals surface area contributed by atoms with Crippen LogP contribution in [0.1, 0.15) is 25.7 Å². The van der Waals surface area contributed by atoms with Crippen molar-refractivity contribution in [2.75, 3.05) is 40.0 Å². The quantitative estimate of drug-likeness (QED) is 0.608. The molecule has 0 saturated heterocycles. The van der Waals surface area contributed by atoms with Gasteiger partial charge in [-0.25, -0.2) is 0 Å². The van der Waals surface area contributed by atoms with Crippen molar-refractivity contribution < 1.29 is 19.4 Å². The van der Waals surface area contributed by atoms with Crippen molar-refractivity contribution in [3.05, 3.63) is 0 Å². The van der Waals surface area contributed by atoms with Crippen molar-refractivity contribution in [1.29, 1.82) is 0 Å². The fraction of sp³-hybridized carbons (Fsp3) is 0.923. The molecule has 0 radical (unpaired) electrons. The Morgan fingerprint density at radius 2 is 1.94 bits per heavy atom. The summed E-state index contributed by atoms with van der Waals surface area (Å²) in [5, 5.41) is 12.3. The molecule has 0 aromatic carbocycles. The monoisotopic (exact) mass is 259 g/mol. The summed E-state index contributed by atoms with van der Waals surface area (Å²) >= 11 is 0. The van der Waals surface area contributed by atoms with E-state index in [0.29, 0.717) is 25.7 Å². The summed E-state index contributed by atoms with van der Waals surface area (Å²) in [7, 11) is 1.66. The van der Waals surface area contributed by atoms with E-state index < -0.39 is 5.97 Å². The van der Waals surface area contributed by atoms with Crippen LogP contribution in [0.2, 0.25) is 0 Å². The van der Waals surface area contributed by atoms with Crippen molar-refractivity contribution >= 4 is 5.97 Å². The van der Waals surface area contributed by atoms with E-state index >= 15 is 0 Å². The van der Waals surface area contributed by atoms with Gasteiger partial charge in [0, 0.05) is 13.7 Å². The number of aliphatic carboxylic acids is 1. The number of methoxy groups -OCH3 is 1. The Labute approximate surface area is 109 Å². The molecule has 0 atom stereocenters. The summed E-state index contributed by atoms with van der Waals surface area (Å²) in [4.78, 5) is 10.8. The van der Waals surface area contributed by atoms with Gasteiger partial charge in [0.2, 0.25) is 0 Å². The maximum atomic E-state index is 10.8. The van der Waals surface area contributed by atoms with E-state index in [-0.39, 0.29) is 5.92 Å². The highest BCUT2D eigenvalue weighted by atomic mass is 16.5. The van der Waals surface area contributed by atoms with Gasteiger partial charge in [0.25, 0.3) is 0 Å². The molecule has 0 heterocycles. The lowest BCUT2D eigenvalue weighted by Crippen LogP contribution is -2.30. The Morgan fingerprint density at radius 3 is 2.56 bits per heavy atom. The van der Waals surface area contributed by atoms with Gasteiger partial charge in [-0.15, -0.1) is 0 Å². The lowest BCUT2D eigenvalue weighted by Gasteiger charge is -2.26. The van der Waals surface area contributed by atoms with Crippen LogP contribution in [-0.2, 0) is 14.3 Å². The summed E-state index contributed by atoms with van der Waals surface area (Å²) in [6, 6.07) is 0. The second-order valence-electron chi connectivity index (χ2n) is 4.87. The lowest BCUT2D eigenvalue weighted by atomic mass is 9.82. The molecule has 0 aromatic heterocycles. The summed E-state index contributed by atoms with van der Waals surface area (Å²) < 4.78 is 10.2. The predicted molar refractivity (Wildman–Crippen MR) is 68.6 cm³/mol. The van der Waals surface area contributed by atoms with Gasteiger partial charge >= 0.3 is 5.97 Å². The van der Waals surface area contributed by atoms with Gasteiger partial charge < -0.3 is 19.9 Å². The lowest BCUT2D eigenvalue weighted by molar-refractivity contribution is -0.143. The van der Waals surface area contributed by atoms with Gasteiger partial charge in [-0.1, -0.05) is 0 Å². The van der Waals surface area contributed by atoms with E-state index in [4.69, 9.17) is 14.6 Å². The molecule has 1 aliphatic carbocycles. The zero-order valence-corrected chi connectivity index (χ0v) is 11.2. The summed E-state index contributed by atoms with van der Waals surface area (Å²) in [6.45, 7) is 3.80. The highest BCUT2D eigenvalue weighted by Gasteiger charge is 2.25. The normalized spacial score (nSPS) is 24.1. The Morgan fingerprint density at radius 1 is 1.22 bits per heavy atom. The molecule has 0 aromatic rings. The Kier molecular flexibility index (Phi) is 7.96. The standard InChI is InChI=1S/C13H25NO4/c1-17-8-9-18-7-6-14-10-11-2-4-12(5-3-11)13(15)16/h11-12,14H,2-10H2,1H3,(H,15,16). The first-order valence-corrected chi connectivity index (χ1v) is 6.74. The molecule has 2 N–H and O–H groups in total. The van der Waals surface area contributed by atoms with Crippen molar-refractivity contribution in [1.82, 2.24) is 5.32 Å². The third-order valence-corrected chi connectivity index (χ3v) is 3.48. The number of hydrogen-bond acceptors (Lipinski definition) is 4. The Bertz CT molecular complexity index is 227. The van der Waals surface area contributed by atoms with E-state index in [2.05, 4.69) is 5.32 Å². The molecule has 1 fully saturated rings. The maximum absolute atomic E-state index is 10.8. The number of ether oxygens (including phenoxy) is 2. The van der Waals surface area contributed by atoms with Gasteiger partial charge in [-0.05, 0) is 38.1 Å². The van der Waals surface area contributed by atoms with Crippen LogP contribution >= 0.6 is 0 Å². The fourth-order valence-corrected chi connectivity index (χ4v) is 2.31. The summed E-state index contributed by atoms with van der Waals surface area (Å²) in [6.07, 6.45) is 3.70. The third-order valence-electron chi connectivity index (χ3n) is 3.48. The molecular weight excluding hydrogens is 234 g/mol. The van der Waals surface area contributed by atoms with E-state index in [1.807, 2.05) is 0 Å². The molecule has 106 valence electrons. The van der Waals surface area contributed by atoms with Crippen LogP contribution in [0.4, 0.5) is 0 Å². The Balaban J connectivity index is 1.93. The molecule has 1 saturated carbocycles. The van der Waals surface area contributed by atoms with Crippen molar-refractivity contribution in [2.24, 2.45) is 11.8 Å². The molecule has 0 bridgehead atoms. The zero-order chi connectivity index (χ0) is 13.2. The topological polar surface area (TPSA) is 67.8 Å². The second-order valence-corrected chi connectivity index (χ2v) is 4.87. The van der Waals surface area contributed by atoms with Crippen molar-refractivity contribution in [3.8, 4) is 0 Å². The maximum Gasteiger partial charge on any atom is 0.306 e. The largest absolute Gasteiger partial charge is 0.481 e. The van der Waals surface area contributed by atoms with Gasteiger partial charge in [0.1, 0.15) is 0 Å². The minimum Gasteiger partial charge on any atom is -0.481 e. The second kappa shape index (κ2) is 9.30. The van der Waals surface area contributed by atoms with E-state index in [0.717, 1.165) is 38.8 Å². The van der Waals surface area contributed by atoms with Gasteiger partial charge in [0.05, 0.1) is 25.7 Å². The number of hydrogen-bond donors (Lipinski definition) is 2. The minimum absolute atomic E-state index is 0.112. The van der Waals surface area contributed by atoms with Crippen LogP contribution in [-0.4, -0.2) is 51.1 Å². The van der Waals surface area contributed by atoms with E-state index in [9.17, 15) is 4.79 Å². The van der Waals surface area contributed by atoms with E-state index in [1.165, 1.54) is 0 Å². The predicted octanol–water partition coefficient (Wildman–Crippen LogP) is 1.13. The van der Waals surface area contributed by atoms with Crippen LogP contribution in [0.3, 0.4) is 0 Å². The number of rotatable bonds is 9. The molecule has 1 rings (SSSR count). The first kappa shape index (κ1) is 15.4. The molecule has 0 unspecified atom stereocenters. The fourth-order valence-electron chi connectivity index (χ4n) is 2.31. The zero-order valence-electron chi connectivity index (χ0n) is 11.2. The molecule has 1 aliphatic rings. The molecule has 0 amide bonds. The van der Waals surface area contributed by atoms with Gasteiger partial charge in [-0.3, -0.25) is 4.79 Å². The highest BCUT2D eigenvalue weighted by molar-refractivity contribution is 5.69. The van der Waals surface area contributed by atoms with Crippen LogP contribution in [0.25, 0.3) is 0 Å². The van der Waals surface area contributed by atoms with Gasteiger partial charge in [0.15, 0.2) is 0 Å². The summed E-state index contributed by atoms with van der Waals surface area (Å²) in [5.74, 6) is -0.119. The van der Waals surface area contributed by atoms with Crippen LogP contribution in [0, 0.1) is 11.8 Å². The van der Waals surface area contributed by atoms with Crippen LogP contribution < -0.4 is 5.32 Å². The number of carboxylic acid groups (broad SMARTS) is 1. The van der Waals surface area contributed by atoms with Crippen LogP contribution in [0.5, 0.6) is 0 Å². The molecule has 18 heavy (non-hydrogen) atoms. The molecule has 5 heteroatoms. The average Bonchev–Trinajstić information content (AvgIpc) is 2.38. The average molecular weight is 259 g/mol. The highest BCUT2D eigenvalue weighted by Crippen LogP contribution is 2.28. The summed E-state index contributed by atoms with van der Waals surface area (Å²) in [5.41, 5.74) is 0. The number of carbonyl (C=O) groups is 1. The first-order chi connectivity index (χ1) is 8.74. The molecule has 5 nitrogen and oxygen atoms in total. The third kappa shape index (κ3) is 6.33. The first-order valence-electron chi connectivity index (χ1n) is 6.74. The SMILES string of the molecule is COCCOCCNCC1CCC(C(=O)O)CC1. The van der Waals surface area contributed by atoms with Crippen molar-refractivity contribution in [2.45, 2.75) is 25.7 Å². The van der Waals surface area contributed by atoms with Crippen LogP contribution in [0.15, 0.2) is 0 Å². The minimum atomic E-state index is -0.632. The number of carboxylic acids is 1. The van der Waals surface area contributed by atoms with Gasteiger partial charge in [-0.2, -0.15) is 0 Å². The van der Waals surface area contributed by atoms with E-state index in [1.54, 1.807) is 7.11 Å². The molecular formula is C13H25NO4. The molecule has 0 aliphatic heterocycles. The smallest absolute Gasteiger partial charge is 0.306 e.